The minimum atomic E-state index is 0.392. The van der Waals surface area contributed by atoms with Gasteiger partial charge in [0.05, 0.1) is 18.5 Å². The van der Waals surface area contributed by atoms with Gasteiger partial charge in [0.25, 0.3) is 0 Å². The second-order valence-corrected chi connectivity index (χ2v) is 5.47. The third-order valence-corrected chi connectivity index (χ3v) is 4.14. The molecule has 3 saturated heterocycles. The molecule has 0 aliphatic carbocycles. The van der Waals surface area contributed by atoms with Crippen LogP contribution in [0.2, 0.25) is 0 Å². The van der Waals surface area contributed by atoms with Crippen molar-refractivity contribution in [1.82, 2.24) is 36.8 Å². The van der Waals surface area contributed by atoms with Crippen LogP contribution in [0.3, 0.4) is 0 Å². The highest BCUT2D eigenvalue weighted by Crippen LogP contribution is 2.10. The van der Waals surface area contributed by atoms with Crippen LogP contribution in [-0.2, 0) is 0 Å². The molecule has 3 aliphatic rings. The second-order valence-electron chi connectivity index (χ2n) is 5.47. The molecule has 110 valence electrons. The van der Waals surface area contributed by atoms with E-state index in [4.69, 9.17) is 0 Å². The van der Waals surface area contributed by atoms with Crippen molar-refractivity contribution >= 4 is 0 Å². The number of hydrogen-bond donors (Lipinski definition) is 6. The van der Waals surface area contributed by atoms with E-state index in [-0.39, 0.29) is 0 Å². The minimum absolute atomic E-state index is 0.392. The van der Waals surface area contributed by atoms with Crippen molar-refractivity contribution in [3.63, 3.8) is 0 Å². The summed E-state index contributed by atoms with van der Waals surface area (Å²) in [7, 11) is 0. The third kappa shape index (κ3) is 3.43. The normalized spacial score (nSPS) is 37.4. The molecule has 3 unspecified atom stereocenters. The summed E-state index contributed by atoms with van der Waals surface area (Å²) in [5.74, 6) is 0. The van der Waals surface area contributed by atoms with Gasteiger partial charge in [-0.2, -0.15) is 0 Å². The van der Waals surface area contributed by atoms with E-state index in [2.05, 4.69) is 36.8 Å². The monoisotopic (exact) mass is 269 g/mol. The molecule has 0 saturated carbocycles. The number of nitrogens with zero attached hydrogens (tertiary/aromatic N) is 1. The molecule has 0 amide bonds. The molecule has 3 atom stereocenters. The Morgan fingerprint density at radius 1 is 0.526 bits per heavy atom. The van der Waals surface area contributed by atoms with Gasteiger partial charge in [-0.15, -0.1) is 0 Å². The Kier molecular flexibility index (Phi) is 5.00. The van der Waals surface area contributed by atoms with E-state index in [0.717, 1.165) is 58.9 Å². The van der Waals surface area contributed by atoms with Gasteiger partial charge in [-0.3, -0.25) is 20.9 Å². The molecular weight excluding hydrogens is 242 g/mol. The first-order valence-corrected chi connectivity index (χ1v) is 7.55. The molecular formula is C12H27N7. The molecule has 7 nitrogen and oxygen atoms in total. The van der Waals surface area contributed by atoms with Crippen LogP contribution >= 0.6 is 0 Å². The van der Waals surface area contributed by atoms with E-state index in [9.17, 15) is 0 Å². The molecule has 0 spiro atoms. The number of rotatable bonds is 3. The maximum absolute atomic E-state index is 3.64. The summed E-state index contributed by atoms with van der Waals surface area (Å²) >= 11 is 0. The number of nitrogens with one attached hydrogen (secondary N) is 6. The fourth-order valence-corrected chi connectivity index (χ4v) is 3.20. The maximum atomic E-state index is 3.64. The van der Waals surface area contributed by atoms with Crippen molar-refractivity contribution < 1.29 is 0 Å². The highest BCUT2D eigenvalue weighted by Gasteiger charge is 2.34. The average molecular weight is 269 g/mol. The molecule has 3 aliphatic heterocycles. The maximum Gasteiger partial charge on any atom is 0.0753 e. The molecule has 3 heterocycles. The van der Waals surface area contributed by atoms with E-state index in [0.29, 0.717) is 18.5 Å². The SMILES string of the molecule is C1CNC(N(C2CNCCN2)C2CNCCN2)CN1. The smallest absolute Gasteiger partial charge is 0.0753 e. The Morgan fingerprint density at radius 2 is 0.895 bits per heavy atom. The van der Waals surface area contributed by atoms with Crippen molar-refractivity contribution in [1.29, 1.82) is 0 Å². The predicted octanol–water partition coefficient (Wildman–Crippen LogP) is -3.15. The van der Waals surface area contributed by atoms with Gasteiger partial charge in [0.15, 0.2) is 0 Å². The second kappa shape index (κ2) is 6.94. The van der Waals surface area contributed by atoms with Gasteiger partial charge in [-0.1, -0.05) is 0 Å². The van der Waals surface area contributed by atoms with E-state index < -0.39 is 0 Å². The summed E-state index contributed by atoms with van der Waals surface area (Å²) in [4.78, 5) is 2.56. The Balaban J connectivity index is 1.68. The predicted molar refractivity (Wildman–Crippen MR) is 75.8 cm³/mol. The molecule has 0 radical (unpaired) electrons. The van der Waals surface area contributed by atoms with Gasteiger partial charge in [-0.25, -0.2) is 0 Å². The van der Waals surface area contributed by atoms with E-state index in [1.165, 1.54) is 0 Å². The summed E-state index contributed by atoms with van der Waals surface area (Å²) in [6, 6.07) is 0. The topological polar surface area (TPSA) is 75.4 Å². The highest BCUT2D eigenvalue weighted by molar-refractivity contribution is 4.90. The summed E-state index contributed by atoms with van der Waals surface area (Å²) in [6.07, 6.45) is 1.18. The fraction of sp³-hybridized carbons (Fsp3) is 1.00. The van der Waals surface area contributed by atoms with E-state index in [1.807, 2.05) is 0 Å². The van der Waals surface area contributed by atoms with Crippen LogP contribution in [0.4, 0.5) is 0 Å². The molecule has 19 heavy (non-hydrogen) atoms. The van der Waals surface area contributed by atoms with Gasteiger partial charge in [0.1, 0.15) is 0 Å². The van der Waals surface area contributed by atoms with Crippen molar-refractivity contribution in [3.8, 4) is 0 Å². The lowest BCUT2D eigenvalue weighted by Gasteiger charge is -2.47. The van der Waals surface area contributed by atoms with Crippen LogP contribution in [0.1, 0.15) is 0 Å². The van der Waals surface area contributed by atoms with Crippen LogP contribution < -0.4 is 31.9 Å². The largest absolute Gasteiger partial charge is 0.313 e. The lowest BCUT2D eigenvalue weighted by atomic mass is 10.2. The van der Waals surface area contributed by atoms with E-state index in [1.54, 1.807) is 0 Å². The summed E-state index contributed by atoms with van der Waals surface area (Å²) in [6.45, 7) is 9.36. The molecule has 6 N–H and O–H groups in total. The lowest BCUT2D eigenvalue weighted by Crippen LogP contribution is -2.73. The zero-order valence-corrected chi connectivity index (χ0v) is 11.5. The zero-order chi connectivity index (χ0) is 12.9. The van der Waals surface area contributed by atoms with Crippen LogP contribution in [0.25, 0.3) is 0 Å². The Morgan fingerprint density at radius 3 is 1.16 bits per heavy atom. The Bertz CT molecular complexity index is 214. The minimum Gasteiger partial charge on any atom is -0.313 e. The van der Waals surface area contributed by atoms with Gasteiger partial charge in [0, 0.05) is 58.9 Å². The highest BCUT2D eigenvalue weighted by atomic mass is 15.5. The van der Waals surface area contributed by atoms with E-state index >= 15 is 0 Å². The van der Waals surface area contributed by atoms with Crippen LogP contribution in [-0.4, -0.2) is 82.3 Å². The standard InChI is InChI=1S/C12H27N7/c1-4-16-10(7-13-1)19(11-8-14-2-5-17-11)12-9-15-3-6-18-12/h10-18H,1-9H2. The first-order chi connectivity index (χ1) is 9.45. The molecule has 0 aromatic heterocycles. The summed E-state index contributed by atoms with van der Waals surface area (Å²) < 4.78 is 0. The Hall–Kier alpha value is -0.280. The van der Waals surface area contributed by atoms with Gasteiger partial charge in [-0.05, 0) is 0 Å². The van der Waals surface area contributed by atoms with Crippen molar-refractivity contribution in [2.75, 3.05) is 58.9 Å². The number of hydrogen-bond acceptors (Lipinski definition) is 7. The van der Waals surface area contributed by atoms with Crippen LogP contribution in [0.5, 0.6) is 0 Å². The molecule has 3 rings (SSSR count). The molecule has 7 heteroatoms. The first kappa shape index (κ1) is 13.7. The van der Waals surface area contributed by atoms with Crippen molar-refractivity contribution in [2.45, 2.75) is 18.5 Å². The summed E-state index contributed by atoms with van der Waals surface area (Å²) in [5.41, 5.74) is 0. The average Bonchev–Trinajstić information content (AvgIpc) is 2.51. The Labute approximate surface area is 115 Å². The molecule has 0 aromatic rings. The fourth-order valence-electron chi connectivity index (χ4n) is 3.20. The third-order valence-electron chi connectivity index (χ3n) is 4.14. The molecule has 3 fully saturated rings. The lowest BCUT2D eigenvalue weighted by molar-refractivity contribution is 0.00858. The molecule has 0 bridgehead atoms. The van der Waals surface area contributed by atoms with Gasteiger partial charge >= 0.3 is 0 Å². The zero-order valence-electron chi connectivity index (χ0n) is 11.5. The van der Waals surface area contributed by atoms with Crippen LogP contribution in [0, 0.1) is 0 Å². The summed E-state index contributed by atoms with van der Waals surface area (Å²) in [5, 5.41) is 21.4. The van der Waals surface area contributed by atoms with Gasteiger partial charge in [0.2, 0.25) is 0 Å². The van der Waals surface area contributed by atoms with Crippen molar-refractivity contribution in [3.05, 3.63) is 0 Å². The molecule has 0 aromatic carbocycles. The van der Waals surface area contributed by atoms with Crippen molar-refractivity contribution in [2.24, 2.45) is 0 Å². The number of piperazine rings is 3. The quantitative estimate of drug-likeness (QED) is 0.323. The van der Waals surface area contributed by atoms with Gasteiger partial charge < -0.3 is 16.0 Å². The van der Waals surface area contributed by atoms with Crippen LogP contribution in [0.15, 0.2) is 0 Å². The first-order valence-electron chi connectivity index (χ1n) is 7.55.